The van der Waals surface area contributed by atoms with E-state index in [1.165, 1.54) is 0 Å². The number of hydrogen-bond donors (Lipinski definition) is 1. The summed E-state index contributed by atoms with van der Waals surface area (Å²) in [6, 6.07) is 9.94. The van der Waals surface area contributed by atoms with Crippen molar-refractivity contribution in [3.8, 4) is 6.19 Å². The molecule has 0 unspecified atom stereocenters. The van der Waals surface area contributed by atoms with Gasteiger partial charge in [-0.15, -0.1) is 0 Å². The Morgan fingerprint density at radius 2 is 2.18 bits per heavy atom. The first-order valence-corrected chi connectivity index (χ1v) is 5.80. The summed E-state index contributed by atoms with van der Waals surface area (Å²) in [6.45, 7) is 2.97. The van der Waals surface area contributed by atoms with Crippen molar-refractivity contribution in [3.63, 3.8) is 0 Å². The third-order valence-corrected chi connectivity index (χ3v) is 2.24. The molecule has 1 N–H and O–H groups in total. The van der Waals surface area contributed by atoms with Crippen LogP contribution >= 0.6 is 0 Å². The van der Waals surface area contributed by atoms with Gasteiger partial charge in [-0.05, 0) is 18.1 Å². The second-order valence-corrected chi connectivity index (χ2v) is 3.62. The van der Waals surface area contributed by atoms with Crippen molar-refractivity contribution in [3.05, 3.63) is 42.0 Å². The molecule has 88 valence electrons. The molecule has 0 radical (unpaired) electrons. The molecule has 0 saturated carbocycles. The molecule has 0 aromatic heterocycles. The maximum absolute atomic E-state index is 8.58. The van der Waals surface area contributed by atoms with Gasteiger partial charge in [-0.1, -0.05) is 49.8 Å². The number of unbranched alkanes of at least 4 members (excludes halogenated alkanes) is 1. The van der Waals surface area contributed by atoms with Crippen LogP contribution in [0.5, 0.6) is 0 Å². The smallest absolute Gasteiger partial charge is 0.207 e. The Kier molecular flexibility index (Phi) is 6.20. The van der Waals surface area contributed by atoms with Crippen molar-refractivity contribution in [1.29, 1.82) is 5.26 Å². The summed E-state index contributed by atoms with van der Waals surface area (Å²) < 4.78 is 0. The van der Waals surface area contributed by atoms with E-state index in [1.54, 1.807) is 6.19 Å². The quantitative estimate of drug-likeness (QED) is 0.364. The summed E-state index contributed by atoms with van der Waals surface area (Å²) in [7, 11) is 0. The maximum atomic E-state index is 8.58. The number of nitrogens with one attached hydrogen (secondary N) is 1. The first kappa shape index (κ1) is 13.0. The highest BCUT2D eigenvalue weighted by Gasteiger charge is 1.92. The number of nitriles is 1. The number of nitrogens with zero attached hydrogens (tertiary/aromatic N) is 2. The van der Waals surface area contributed by atoms with E-state index >= 15 is 0 Å². The Morgan fingerprint density at radius 1 is 1.41 bits per heavy atom. The number of aliphatic imine (C=N–C) groups is 1. The van der Waals surface area contributed by atoms with Gasteiger partial charge in [-0.3, -0.25) is 0 Å². The van der Waals surface area contributed by atoms with E-state index in [0.717, 1.165) is 24.9 Å². The van der Waals surface area contributed by atoms with E-state index in [1.807, 2.05) is 42.5 Å². The van der Waals surface area contributed by atoms with Crippen LogP contribution in [-0.2, 0) is 0 Å². The van der Waals surface area contributed by atoms with Gasteiger partial charge in [0.2, 0.25) is 6.19 Å². The monoisotopic (exact) mass is 227 g/mol. The Labute approximate surface area is 102 Å². The van der Waals surface area contributed by atoms with Crippen molar-refractivity contribution >= 4 is 11.9 Å². The van der Waals surface area contributed by atoms with Crippen LogP contribution in [0.25, 0.3) is 6.08 Å². The van der Waals surface area contributed by atoms with Crippen molar-refractivity contribution in [2.24, 2.45) is 4.99 Å². The highest BCUT2D eigenvalue weighted by Crippen LogP contribution is 2.00. The van der Waals surface area contributed by atoms with Gasteiger partial charge in [0.25, 0.3) is 0 Å². The molecule has 3 heteroatoms. The van der Waals surface area contributed by atoms with Crippen LogP contribution in [0.2, 0.25) is 0 Å². The van der Waals surface area contributed by atoms with E-state index in [9.17, 15) is 0 Å². The maximum Gasteiger partial charge on any atom is 0.207 e. The minimum Gasteiger partial charge on any atom is -0.369 e. The van der Waals surface area contributed by atoms with Crippen molar-refractivity contribution < 1.29 is 0 Å². The summed E-state index contributed by atoms with van der Waals surface area (Å²) in [5, 5.41) is 11.7. The second kappa shape index (κ2) is 8.12. The number of rotatable bonds is 5. The zero-order chi connectivity index (χ0) is 12.3. The van der Waals surface area contributed by atoms with Crippen molar-refractivity contribution in [2.45, 2.75) is 19.8 Å². The highest BCUT2D eigenvalue weighted by atomic mass is 15.0. The van der Waals surface area contributed by atoms with E-state index < -0.39 is 0 Å². The fraction of sp³-hybridized carbons (Fsp3) is 0.286. The van der Waals surface area contributed by atoms with Crippen LogP contribution in [0.4, 0.5) is 0 Å². The Hall–Kier alpha value is -2.08. The van der Waals surface area contributed by atoms with E-state index in [4.69, 9.17) is 5.26 Å². The summed E-state index contributed by atoms with van der Waals surface area (Å²) in [5.74, 6) is 0.616. The van der Waals surface area contributed by atoms with Crippen LogP contribution in [0, 0.1) is 11.5 Å². The minimum absolute atomic E-state index is 0.616. The molecule has 0 aliphatic heterocycles. The van der Waals surface area contributed by atoms with Gasteiger partial charge in [0.1, 0.15) is 5.84 Å². The van der Waals surface area contributed by atoms with Gasteiger partial charge >= 0.3 is 0 Å². The molecule has 0 aliphatic carbocycles. The molecule has 1 rings (SSSR count). The first-order valence-electron chi connectivity index (χ1n) is 5.80. The van der Waals surface area contributed by atoms with Crippen LogP contribution in [0.15, 0.2) is 41.4 Å². The highest BCUT2D eigenvalue weighted by molar-refractivity contribution is 5.96. The van der Waals surface area contributed by atoms with Gasteiger partial charge in [-0.2, -0.15) is 10.3 Å². The lowest BCUT2D eigenvalue weighted by Gasteiger charge is -2.02. The predicted octanol–water partition coefficient (Wildman–Crippen LogP) is 2.97. The summed E-state index contributed by atoms with van der Waals surface area (Å²) in [5.41, 5.74) is 1.09. The van der Waals surface area contributed by atoms with Crippen LogP contribution in [0.3, 0.4) is 0 Å². The standard InChI is InChI=1S/C14H17N3/c1-2-3-11-16-14(17-12-15)10-9-13-7-5-4-6-8-13/h4-10H,2-3,11H2,1H3,(H,16,17)/b10-9+. The molecular formula is C14H17N3. The molecule has 1 aromatic rings. The largest absolute Gasteiger partial charge is 0.369 e. The number of amidine groups is 1. The number of hydrogen-bond acceptors (Lipinski definition) is 2. The van der Waals surface area contributed by atoms with Gasteiger partial charge in [-0.25, -0.2) is 0 Å². The van der Waals surface area contributed by atoms with Crippen LogP contribution < -0.4 is 5.32 Å². The Morgan fingerprint density at radius 3 is 2.82 bits per heavy atom. The van der Waals surface area contributed by atoms with Crippen molar-refractivity contribution in [1.82, 2.24) is 5.32 Å². The molecule has 0 heterocycles. The Balaban J connectivity index is 2.59. The lowest BCUT2D eigenvalue weighted by atomic mass is 10.2. The molecule has 0 saturated heterocycles. The first-order chi connectivity index (χ1) is 8.36. The van der Waals surface area contributed by atoms with Gasteiger partial charge in [0.05, 0.1) is 0 Å². The normalized spacial score (nSPS) is 11.4. The van der Waals surface area contributed by atoms with Crippen LogP contribution in [0.1, 0.15) is 25.3 Å². The topological polar surface area (TPSA) is 48.2 Å². The molecule has 0 aliphatic rings. The third kappa shape index (κ3) is 5.53. The molecule has 0 fully saturated rings. The predicted molar refractivity (Wildman–Crippen MR) is 71.4 cm³/mol. The Bertz CT molecular complexity index is 413. The number of benzene rings is 1. The van der Waals surface area contributed by atoms with Gasteiger partial charge in [0, 0.05) is 6.54 Å². The third-order valence-electron chi connectivity index (χ3n) is 2.24. The van der Waals surface area contributed by atoms with Gasteiger partial charge < -0.3 is 5.32 Å². The summed E-state index contributed by atoms with van der Waals surface area (Å²) in [6.07, 6.45) is 7.77. The van der Waals surface area contributed by atoms with E-state index in [0.29, 0.717) is 5.84 Å². The average molecular weight is 227 g/mol. The molecule has 0 spiro atoms. The second-order valence-electron chi connectivity index (χ2n) is 3.62. The minimum atomic E-state index is 0.616. The van der Waals surface area contributed by atoms with Gasteiger partial charge in [0.15, 0.2) is 0 Å². The molecule has 1 aromatic carbocycles. The molecule has 0 atom stereocenters. The summed E-state index contributed by atoms with van der Waals surface area (Å²) in [4.78, 5) is 3.74. The molecule has 17 heavy (non-hydrogen) atoms. The van der Waals surface area contributed by atoms with E-state index in [-0.39, 0.29) is 0 Å². The van der Waals surface area contributed by atoms with Crippen LogP contribution in [-0.4, -0.2) is 12.4 Å². The zero-order valence-electron chi connectivity index (χ0n) is 10.1. The van der Waals surface area contributed by atoms with Crippen molar-refractivity contribution in [2.75, 3.05) is 6.54 Å². The fourth-order valence-corrected chi connectivity index (χ4v) is 1.32. The zero-order valence-corrected chi connectivity index (χ0v) is 10.1. The molecule has 3 nitrogen and oxygen atoms in total. The van der Waals surface area contributed by atoms with E-state index in [2.05, 4.69) is 17.2 Å². The molecule has 0 amide bonds. The fourth-order valence-electron chi connectivity index (χ4n) is 1.32. The SMILES string of the molecule is CCCCNC(/C=C/c1ccccc1)=N/C#N. The lowest BCUT2D eigenvalue weighted by molar-refractivity contribution is 0.756. The molecule has 0 bridgehead atoms. The molecular weight excluding hydrogens is 210 g/mol. The summed E-state index contributed by atoms with van der Waals surface area (Å²) >= 11 is 0. The lowest BCUT2D eigenvalue weighted by Crippen LogP contribution is -2.22. The average Bonchev–Trinajstić information content (AvgIpc) is 2.37.